The van der Waals surface area contributed by atoms with Crippen molar-refractivity contribution in [2.75, 3.05) is 7.05 Å². The Bertz CT molecular complexity index is 773. The maximum Gasteiger partial charge on any atom is 0.270 e. The van der Waals surface area contributed by atoms with Gasteiger partial charge in [-0.3, -0.25) is 4.79 Å². The highest BCUT2D eigenvalue weighted by molar-refractivity contribution is 7.10. The number of thiophene rings is 1. The normalized spacial score (nSPS) is 12.5. The standard InChI is InChI=1S/C17H18N2OS/c1-12(16-9-6-10-21-16)18(2)17(20)15-11-13-7-4-5-8-14(13)19(15)3/h4-12H,1-3H3. The lowest BCUT2D eigenvalue weighted by Gasteiger charge is -2.24. The Morgan fingerprint density at radius 3 is 2.67 bits per heavy atom. The number of amides is 1. The molecule has 0 aliphatic heterocycles. The summed E-state index contributed by atoms with van der Waals surface area (Å²) < 4.78 is 1.97. The molecule has 3 rings (SSSR count). The van der Waals surface area contributed by atoms with Gasteiger partial charge >= 0.3 is 0 Å². The van der Waals surface area contributed by atoms with Crippen LogP contribution in [0.1, 0.15) is 28.3 Å². The SMILES string of the molecule is CC(c1cccs1)N(C)C(=O)c1cc2ccccc2n1C. The summed E-state index contributed by atoms with van der Waals surface area (Å²) >= 11 is 1.68. The van der Waals surface area contributed by atoms with Crippen molar-refractivity contribution in [3.63, 3.8) is 0 Å². The maximum absolute atomic E-state index is 12.8. The molecule has 1 aromatic carbocycles. The fraction of sp³-hybridized carbons (Fsp3) is 0.235. The van der Waals surface area contributed by atoms with Crippen LogP contribution >= 0.6 is 11.3 Å². The first kappa shape index (κ1) is 13.9. The predicted molar refractivity (Wildman–Crippen MR) is 87.7 cm³/mol. The third kappa shape index (κ3) is 2.36. The van der Waals surface area contributed by atoms with E-state index in [4.69, 9.17) is 0 Å². The van der Waals surface area contributed by atoms with E-state index in [1.165, 1.54) is 4.88 Å². The van der Waals surface area contributed by atoms with Gasteiger partial charge in [-0.2, -0.15) is 0 Å². The van der Waals surface area contributed by atoms with E-state index < -0.39 is 0 Å². The number of carbonyl (C=O) groups excluding carboxylic acids is 1. The van der Waals surface area contributed by atoms with E-state index in [-0.39, 0.29) is 11.9 Å². The Hall–Kier alpha value is -2.07. The molecule has 21 heavy (non-hydrogen) atoms. The number of para-hydroxylation sites is 1. The molecule has 0 saturated heterocycles. The van der Waals surface area contributed by atoms with Gasteiger partial charge in [0.2, 0.25) is 0 Å². The topological polar surface area (TPSA) is 25.2 Å². The smallest absolute Gasteiger partial charge is 0.270 e. The summed E-state index contributed by atoms with van der Waals surface area (Å²) in [6.07, 6.45) is 0. The number of benzene rings is 1. The second-order valence-corrected chi connectivity index (χ2v) is 6.23. The van der Waals surface area contributed by atoms with Gasteiger partial charge in [-0.15, -0.1) is 11.3 Å². The van der Waals surface area contributed by atoms with Gasteiger partial charge in [0.1, 0.15) is 5.69 Å². The lowest BCUT2D eigenvalue weighted by Crippen LogP contribution is -2.30. The van der Waals surface area contributed by atoms with Gasteiger partial charge in [-0.05, 0) is 30.5 Å². The molecule has 2 aromatic heterocycles. The van der Waals surface area contributed by atoms with Crippen LogP contribution in [0, 0.1) is 0 Å². The average molecular weight is 298 g/mol. The number of carbonyl (C=O) groups is 1. The van der Waals surface area contributed by atoms with Crippen LogP contribution in [-0.4, -0.2) is 22.4 Å². The number of aromatic nitrogens is 1. The van der Waals surface area contributed by atoms with Gasteiger partial charge in [-0.1, -0.05) is 24.3 Å². The molecule has 0 bridgehead atoms. The van der Waals surface area contributed by atoms with Crippen LogP contribution in [0.15, 0.2) is 47.8 Å². The van der Waals surface area contributed by atoms with Crippen molar-refractivity contribution in [2.24, 2.45) is 7.05 Å². The van der Waals surface area contributed by atoms with Crippen molar-refractivity contribution >= 4 is 28.1 Å². The number of nitrogens with zero attached hydrogens (tertiary/aromatic N) is 2. The number of hydrogen-bond acceptors (Lipinski definition) is 2. The minimum absolute atomic E-state index is 0.0506. The van der Waals surface area contributed by atoms with E-state index in [0.29, 0.717) is 0 Å². The van der Waals surface area contributed by atoms with Crippen molar-refractivity contribution in [1.29, 1.82) is 0 Å². The fourth-order valence-corrected chi connectivity index (χ4v) is 3.40. The quantitative estimate of drug-likeness (QED) is 0.715. The van der Waals surface area contributed by atoms with Crippen LogP contribution in [-0.2, 0) is 7.05 Å². The number of hydrogen-bond donors (Lipinski definition) is 0. The number of fused-ring (bicyclic) bond motifs is 1. The van der Waals surface area contributed by atoms with Crippen molar-refractivity contribution in [3.05, 3.63) is 58.4 Å². The summed E-state index contributed by atoms with van der Waals surface area (Å²) in [4.78, 5) is 15.8. The third-order valence-electron chi connectivity index (χ3n) is 4.03. The van der Waals surface area contributed by atoms with Gasteiger partial charge in [0.25, 0.3) is 5.91 Å². The lowest BCUT2D eigenvalue weighted by atomic mass is 10.2. The van der Waals surface area contributed by atoms with Crippen LogP contribution in [0.2, 0.25) is 0 Å². The number of aryl methyl sites for hydroxylation is 1. The average Bonchev–Trinajstić information content (AvgIpc) is 3.14. The van der Waals surface area contributed by atoms with E-state index in [0.717, 1.165) is 16.6 Å². The molecule has 1 unspecified atom stereocenters. The third-order valence-corrected chi connectivity index (χ3v) is 5.07. The second kappa shape index (κ2) is 5.37. The summed E-state index contributed by atoms with van der Waals surface area (Å²) in [5.74, 6) is 0.0506. The highest BCUT2D eigenvalue weighted by Crippen LogP contribution is 2.26. The Kier molecular flexibility index (Phi) is 3.55. The van der Waals surface area contributed by atoms with Crippen molar-refractivity contribution < 1.29 is 4.79 Å². The molecule has 1 atom stereocenters. The Balaban J connectivity index is 1.95. The molecule has 0 N–H and O–H groups in total. The summed E-state index contributed by atoms with van der Waals surface area (Å²) in [5, 5.41) is 3.14. The monoisotopic (exact) mass is 298 g/mol. The van der Waals surface area contributed by atoms with Crippen molar-refractivity contribution in [2.45, 2.75) is 13.0 Å². The fourth-order valence-electron chi connectivity index (χ4n) is 2.57. The lowest BCUT2D eigenvalue weighted by molar-refractivity contribution is 0.0736. The van der Waals surface area contributed by atoms with Crippen LogP contribution in [0.3, 0.4) is 0 Å². The molecule has 3 nitrogen and oxygen atoms in total. The minimum Gasteiger partial charge on any atom is -0.340 e. The van der Waals surface area contributed by atoms with E-state index in [9.17, 15) is 4.79 Å². The summed E-state index contributed by atoms with van der Waals surface area (Å²) in [6.45, 7) is 2.06. The molecule has 0 saturated carbocycles. The first-order chi connectivity index (χ1) is 10.1. The minimum atomic E-state index is 0.0506. The Morgan fingerprint density at radius 2 is 2.00 bits per heavy atom. The molecule has 0 aliphatic rings. The van der Waals surface area contributed by atoms with E-state index in [1.807, 2.05) is 60.4 Å². The molecule has 4 heteroatoms. The molecule has 1 amide bonds. The molecule has 2 heterocycles. The zero-order chi connectivity index (χ0) is 15.0. The van der Waals surface area contributed by atoms with Gasteiger partial charge in [0.05, 0.1) is 6.04 Å². The largest absolute Gasteiger partial charge is 0.340 e. The van der Waals surface area contributed by atoms with Gasteiger partial charge in [0, 0.05) is 29.9 Å². The van der Waals surface area contributed by atoms with E-state index in [2.05, 4.69) is 13.0 Å². The van der Waals surface area contributed by atoms with Crippen molar-refractivity contribution in [1.82, 2.24) is 9.47 Å². The Morgan fingerprint density at radius 1 is 1.24 bits per heavy atom. The van der Waals surface area contributed by atoms with E-state index >= 15 is 0 Å². The predicted octanol–water partition coefficient (Wildman–Crippen LogP) is 4.07. The second-order valence-electron chi connectivity index (χ2n) is 5.25. The van der Waals surface area contributed by atoms with Crippen LogP contribution < -0.4 is 0 Å². The summed E-state index contributed by atoms with van der Waals surface area (Å²) in [6, 6.07) is 14.2. The van der Waals surface area contributed by atoms with Gasteiger partial charge in [0.15, 0.2) is 0 Å². The Labute approximate surface area is 128 Å². The maximum atomic E-state index is 12.8. The molecular weight excluding hydrogens is 280 g/mol. The van der Waals surface area contributed by atoms with Crippen LogP contribution in [0.5, 0.6) is 0 Å². The summed E-state index contributed by atoms with van der Waals surface area (Å²) in [7, 11) is 3.81. The first-order valence-electron chi connectivity index (χ1n) is 6.94. The first-order valence-corrected chi connectivity index (χ1v) is 7.82. The molecule has 0 aliphatic carbocycles. The van der Waals surface area contributed by atoms with Crippen molar-refractivity contribution in [3.8, 4) is 0 Å². The molecule has 0 spiro atoms. The number of rotatable bonds is 3. The highest BCUT2D eigenvalue weighted by atomic mass is 32.1. The zero-order valence-electron chi connectivity index (χ0n) is 12.4. The van der Waals surface area contributed by atoms with E-state index in [1.54, 1.807) is 16.2 Å². The summed E-state index contributed by atoms with van der Waals surface area (Å²) in [5.41, 5.74) is 1.81. The zero-order valence-corrected chi connectivity index (χ0v) is 13.2. The molecule has 108 valence electrons. The van der Waals surface area contributed by atoms with Gasteiger partial charge in [-0.25, -0.2) is 0 Å². The molecule has 0 radical (unpaired) electrons. The highest BCUT2D eigenvalue weighted by Gasteiger charge is 2.22. The van der Waals surface area contributed by atoms with Crippen LogP contribution in [0.25, 0.3) is 10.9 Å². The molecule has 3 aromatic rings. The molecule has 0 fully saturated rings. The molecular formula is C17H18N2OS. The van der Waals surface area contributed by atoms with Crippen LogP contribution in [0.4, 0.5) is 0 Å². The van der Waals surface area contributed by atoms with Gasteiger partial charge < -0.3 is 9.47 Å².